The maximum atomic E-state index is 13.1. The lowest BCUT2D eigenvalue weighted by molar-refractivity contribution is 0.0856. The Labute approximate surface area is 147 Å². The highest BCUT2D eigenvalue weighted by Gasteiger charge is 2.29. The van der Waals surface area contributed by atoms with Crippen LogP contribution in [0.1, 0.15) is 83.8 Å². The van der Waals surface area contributed by atoms with Crippen molar-refractivity contribution in [2.75, 3.05) is 0 Å². The van der Waals surface area contributed by atoms with Gasteiger partial charge in [0, 0.05) is 11.0 Å². The van der Waals surface area contributed by atoms with Crippen LogP contribution < -0.4 is 0 Å². The third kappa shape index (κ3) is 3.71. The van der Waals surface area contributed by atoms with Gasteiger partial charge in [-0.2, -0.15) is 0 Å². The molecule has 0 fully saturated rings. The second-order valence-corrected chi connectivity index (χ2v) is 10.0. The van der Waals surface area contributed by atoms with E-state index in [1.165, 1.54) is 10.9 Å². The minimum absolute atomic E-state index is 0.0624. The van der Waals surface area contributed by atoms with E-state index in [9.17, 15) is 4.79 Å². The molecule has 0 heterocycles. The van der Waals surface area contributed by atoms with E-state index < -0.39 is 0 Å². The standard InChI is InChI=1S/C23H32O/c1-21(2,3)17-11-10-15-14-19(22(4,5)6)18(13-16(15)12-17)20(24)23(7,8)9/h10-14H,1-9H3. The number of benzene rings is 2. The molecule has 0 spiro atoms. The Morgan fingerprint density at radius 3 is 1.75 bits per heavy atom. The average molecular weight is 325 g/mol. The molecule has 1 nitrogen and oxygen atoms in total. The van der Waals surface area contributed by atoms with Crippen molar-refractivity contribution >= 4 is 16.6 Å². The first-order valence-electron chi connectivity index (χ1n) is 8.85. The number of Topliss-reactive ketones (excluding diaryl/α,β-unsaturated/α-hetero) is 1. The van der Waals surface area contributed by atoms with Gasteiger partial charge in [0.15, 0.2) is 5.78 Å². The molecule has 1 heteroatoms. The van der Waals surface area contributed by atoms with Gasteiger partial charge in [-0.05, 0) is 44.9 Å². The lowest BCUT2D eigenvalue weighted by Crippen LogP contribution is -2.25. The Bertz CT molecular complexity index is 775. The number of carbonyl (C=O) groups excluding carboxylic acids is 1. The summed E-state index contributed by atoms with van der Waals surface area (Å²) in [5.74, 6) is 0.218. The average Bonchev–Trinajstić information content (AvgIpc) is 2.41. The molecule has 0 saturated carbocycles. The molecule has 0 aliphatic carbocycles. The van der Waals surface area contributed by atoms with Gasteiger partial charge >= 0.3 is 0 Å². The zero-order valence-electron chi connectivity index (χ0n) is 16.8. The van der Waals surface area contributed by atoms with Gasteiger partial charge in [0.2, 0.25) is 0 Å². The number of ketones is 1. The van der Waals surface area contributed by atoms with Crippen molar-refractivity contribution in [3.05, 3.63) is 47.0 Å². The molecular formula is C23H32O. The van der Waals surface area contributed by atoms with E-state index >= 15 is 0 Å². The largest absolute Gasteiger partial charge is 0.294 e. The number of hydrogen-bond acceptors (Lipinski definition) is 1. The fourth-order valence-corrected chi connectivity index (χ4v) is 2.98. The van der Waals surface area contributed by atoms with Crippen LogP contribution in [0.3, 0.4) is 0 Å². The zero-order valence-corrected chi connectivity index (χ0v) is 16.8. The summed E-state index contributed by atoms with van der Waals surface area (Å²) in [6.07, 6.45) is 0. The van der Waals surface area contributed by atoms with Gasteiger partial charge in [-0.15, -0.1) is 0 Å². The SMILES string of the molecule is CC(C)(C)C(=O)c1cc2cc(C(C)(C)C)ccc2cc1C(C)(C)C. The van der Waals surface area contributed by atoms with Gasteiger partial charge in [0.1, 0.15) is 0 Å². The lowest BCUT2D eigenvalue weighted by Gasteiger charge is -2.27. The smallest absolute Gasteiger partial charge is 0.168 e. The molecule has 130 valence electrons. The van der Waals surface area contributed by atoms with Crippen molar-refractivity contribution in [1.82, 2.24) is 0 Å². The maximum Gasteiger partial charge on any atom is 0.168 e. The summed E-state index contributed by atoms with van der Waals surface area (Å²) in [5, 5.41) is 2.36. The molecule has 0 N–H and O–H groups in total. The van der Waals surface area contributed by atoms with Crippen LogP contribution in [0.5, 0.6) is 0 Å². The van der Waals surface area contributed by atoms with Gasteiger partial charge in [-0.3, -0.25) is 4.79 Å². The predicted molar refractivity (Wildman–Crippen MR) is 105 cm³/mol. The van der Waals surface area contributed by atoms with Crippen LogP contribution in [-0.4, -0.2) is 5.78 Å². The first-order chi connectivity index (χ1) is 10.7. The van der Waals surface area contributed by atoms with Crippen LogP contribution >= 0.6 is 0 Å². The number of rotatable bonds is 1. The van der Waals surface area contributed by atoms with Gasteiger partial charge < -0.3 is 0 Å². The van der Waals surface area contributed by atoms with Crippen LogP contribution in [0.25, 0.3) is 10.8 Å². The third-order valence-electron chi connectivity index (χ3n) is 4.58. The monoisotopic (exact) mass is 324 g/mol. The minimum Gasteiger partial charge on any atom is -0.294 e. The molecule has 2 aromatic carbocycles. The number of hydrogen-bond donors (Lipinski definition) is 0. The topological polar surface area (TPSA) is 17.1 Å². The summed E-state index contributed by atoms with van der Waals surface area (Å²) < 4.78 is 0. The van der Waals surface area contributed by atoms with Crippen molar-refractivity contribution in [3.63, 3.8) is 0 Å². The Morgan fingerprint density at radius 2 is 1.29 bits per heavy atom. The van der Waals surface area contributed by atoms with E-state index in [4.69, 9.17) is 0 Å². The molecule has 0 aliphatic heterocycles. The molecule has 0 saturated heterocycles. The van der Waals surface area contributed by atoms with Crippen LogP contribution in [0.15, 0.2) is 30.3 Å². The van der Waals surface area contributed by atoms with E-state index in [1.54, 1.807) is 0 Å². The Hall–Kier alpha value is -1.63. The van der Waals surface area contributed by atoms with Crippen molar-refractivity contribution in [2.45, 2.75) is 73.1 Å². The molecular weight excluding hydrogens is 292 g/mol. The summed E-state index contributed by atoms with van der Waals surface area (Å²) in [6, 6.07) is 11.0. The zero-order chi connectivity index (χ0) is 18.5. The van der Waals surface area contributed by atoms with Crippen molar-refractivity contribution in [1.29, 1.82) is 0 Å². The highest BCUT2D eigenvalue weighted by molar-refractivity contribution is 6.04. The summed E-state index contributed by atoms with van der Waals surface area (Å²) in [4.78, 5) is 13.1. The molecule has 0 bridgehead atoms. The van der Waals surface area contributed by atoms with E-state index in [0.717, 1.165) is 16.5 Å². The summed E-state index contributed by atoms with van der Waals surface area (Å²) >= 11 is 0. The van der Waals surface area contributed by atoms with Crippen molar-refractivity contribution < 1.29 is 4.79 Å². The first kappa shape index (κ1) is 18.7. The summed E-state index contributed by atoms with van der Waals surface area (Å²) in [7, 11) is 0. The predicted octanol–water partition coefficient (Wildman–Crippen LogP) is 6.66. The Kier molecular flexibility index (Phi) is 4.46. The molecule has 0 atom stereocenters. The summed E-state index contributed by atoms with van der Waals surface area (Å²) in [5.41, 5.74) is 2.97. The van der Waals surface area contributed by atoms with Crippen LogP contribution in [0.2, 0.25) is 0 Å². The number of carbonyl (C=O) groups is 1. The number of fused-ring (bicyclic) bond motifs is 1. The molecule has 2 rings (SSSR count). The van der Waals surface area contributed by atoms with Crippen LogP contribution in [0.4, 0.5) is 0 Å². The van der Waals surface area contributed by atoms with Gasteiger partial charge in [-0.25, -0.2) is 0 Å². The second-order valence-electron chi connectivity index (χ2n) is 10.0. The van der Waals surface area contributed by atoms with E-state index in [0.29, 0.717) is 0 Å². The third-order valence-corrected chi connectivity index (χ3v) is 4.58. The lowest BCUT2D eigenvalue weighted by atomic mass is 9.76. The van der Waals surface area contributed by atoms with Gasteiger partial charge in [0.25, 0.3) is 0 Å². The normalized spacial score (nSPS) is 13.4. The van der Waals surface area contributed by atoms with Crippen LogP contribution in [-0.2, 0) is 10.8 Å². The first-order valence-corrected chi connectivity index (χ1v) is 8.85. The molecule has 0 aromatic heterocycles. The summed E-state index contributed by atoms with van der Waals surface area (Å²) in [6.45, 7) is 19.2. The Morgan fingerprint density at radius 1 is 0.708 bits per heavy atom. The van der Waals surface area contributed by atoms with Gasteiger partial charge in [-0.1, -0.05) is 80.5 Å². The fourth-order valence-electron chi connectivity index (χ4n) is 2.98. The van der Waals surface area contributed by atoms with Crippen molar-refractivity contribution in [2.24, 2.45) is 5.41 Å². The molecule has 0 unspecified atom stereocenters. The maximum absolute atomic E-state index is 13.1. The van der Waals surface area contributed by atoms with Gasteiger partial charge in [0.05, 0.1) is 0 Å². The van der Waals surface area contributed by atoms with Crippen molar-refractivity contribution in [3.8, 4) is 0 Å². The highest BCUT2D eigenvalue weighted by atomic mass is 16.1. The highest BCUT2D eigenvalue weighted by Crippen LogP contribution is 2.35. The molecule has 0 amide bonds. The quantitative estimate of drug-likeness (QED) is 0.536. The fraction of sp³-hybridized carbons (Fsp3) is 0.522. The molecule has 0 radical (unpaired) electrons. The minimum atomic E-state index is -0.380. The molecule has 0 aliphatic rings. The van der Waals surface area contributed by atoms with E-state index in [-0.39, 0.29) is 22.0 Å². The van der Waals surface area contributed by atoms with E-state index in [2.05, 4.69) is 71.9 Å². The Balaban J connectivity index is 2.79. The molecule has 2 aromatic rings. The second kappa shape index (κ2) is 5.72. The van der Waals surface area contributed by atoms with E-state index in [1.807, 2.05) is 20.8 Å². The van der Waals surface area contributed by atoms with Crippen LogP contribution in [0, 0.1) is 5.41 Å². The molecule has 24 heavy (non-hydrogen) atoms.